The zero-order chi connectivity index (χ0) is 39.0. The number of benzene rings is 7. The van der Waals surface area contributed by atoms with E-state index >= 15 is 0 Å². The third-order valence-corrected chi connectivity index (χ3v) is 9.61. The van der Waals surface area contributed by atoms with Gasteiger partial charge < -0.3 is 13.7 Å². The molecule has 1 aliphatic carbocycles. The van der Waals surface area contributed by atoms with Gasteiger partial charge in [-0.15, -0.1) is 0 Å². The van der Waals surface area contributed by atoms with Crippen molar-refractivity contribution in [1.82, 2.24) is 4.57 Å². The smallest absolute Gasteiger partial charge is 0.217 e. The summed E-state index contributed by atoms with van der Waals surface area (Å²) in [5, 5.41) is 3.76. The van der Waals surface area contributed by atoms with Gasteiger partial charge in [0.1, 0.15) is 23.3 Å². The second-order valence-electron chi connectivity index (χ2n) is 12.4. The van der Waals surface area contributed by atoms with E-state index in [4.69, 9.17) is 21.0 Å². The van der Waals surface area contributed by atoms with Crippen LogP contribution < -0.4 is 0 Å². The van der Waals surface area contributed by atoms with Crippen molar-refractivity contribution in [2.45, 2.75) is 12.1 Å². The summed E-state index contributed by atoms with van der Waals surface area (Å²) in [6.07, 6.45) is 5.23. The summed E-state index contributed by atoms with van der Waals surface area (Å²) >= 11 is 0. The molecule has 0 N–H and O–H groups in total. The molecule has 11 rings (SSSR count). The number of rotatable bonds is 3. The van der Waals surface area contributed by atoms with Gasteiger partial charge in [-0.2, -0.15) is 0 Å². The third kappa shape index (κ3) is 3.89. The molecule has 0 saturated heterocycles. The van der Waals surface area contributed by atoms with E-state index in [1.165, 1.54) is 0 Å². The topological polar surface area (TPSA) is 39.7 Å². The average Bonchev–Trinajstić information content (AvgIpc) is 3.95. The van der Waals surface area contributed by atoms with Crippen LogP contribution in [0.3, 0.4) is 0 Å². The highest BCUT2D eigenvalue weighted by molar-refractivity contribution is 6.20. The molecule has 0 amide bonds. The molecular weight excluding hydrogens is 601 g/mol. The van der Waals surface area contributed by atoms with Crippen LogP contribution in [-0.2, 0) is 4.74 Å². The zero-order valence-electron chi connectivity index (χ0n) is 33.8. The Morgan fingerprint density at radius 2 is 1.51 bits per heavy atom. The van der Waals surface area contributed by atoms with Gasteiger partial charge in [-0.05, 0) is 52.7 Å². The Balaban J connectivity index is 1.30. The van der Waals surface area contributed by atoms with Gasteiger partial charge in [0.25, 0.3) is 0 Å². The van der Waals surface area contributed by atoms with E-state index in [1.807, 2.05) is 102 Å². The fourth-order valence-electron chi connectivity index (χ4n) is 7.38. The molecule has 2 atom stereocenters. The third-order valence-electron chi connectivity index (χ3n) is 9.61. The quantitative estimate of drug-likeness (QED) is 0.194. The first-order valence-electron chi connectivity index (χ1n) is 20.1. The number of aromatic nitrogens is 1. The van der Waals surface area contributed by atoms with Crippen LogP contribution in [0.5, 0.6) is 0 Å². The Morgan fingerprint density at radius 1 is 0.673 bits per heavy atom. The van der Waals surface area contributed by atoms with Gasteiger partial charge in [0.05, 0.1) is 27.7 Å². The van der Waals surface area contributed by atoms with Gasteiger partial charge in [-0.3, -0.25) is 0 Å². The largest absolute Gasteiger partial charge is 0.467 e. The maximum atomic E-state index is 10.1. The first-order valence-corrected chi connectivity index (χ1v) is 16.1. The lowest BCUT2D eigenvalue weighted by Gasteiger charge is -2.21. The van der Waals surface area contributed by atoms with Crippen molar-refractivity contribution in [2.24, 2.45) is 4.99 Å². The van der Waals surface area contributed by atoms with E-state index in [2.05, 4.69) is 12.1 Å². The Kier molecular flexibility index (Phi) is 4.12. The highest BCUT2D eigenvalue weighted by Gasteiger charge is 2.32. The summed E-state index contributed by atoms with van der Waals surface area (Å²) in [5.74, 6) is 0.503. The van der Waals surface area contributed by atoms with Crippen LogP contribution in [0.15, 0.2) is 167 Å². The number of furan rings is 1. The van der Waals surface area contributed by atoms with Crippen LogP contribution in [0.4, 0.5) is 0 Å². The molecule has 2 aliphatic rings. The Morgan fingerprint density at radius 3 is 2.45 bits per heavy atom. The number of fused-ring (bicyclic) bond motifs is 11. The fourth-order valence-corrected chi connectivity index (χ4v) is 7.38. The number of ether oxygens (including phenoxy) is 1. The normalized spacial score (nSPS) is 19.6. The highest BCUT2D eigenvalue weighted by atomic mass is 16.5. The van der Waals surface area contributed by atoms with Crippen molar-refractivity contribution in [2.75, 3.05) is 0 Å². The predicted molar refractivity (Wildman–Crippen MR) is 202 cm³/mol. The van der Waals surface area contributed by atoms with Gasteiger partial charge in [0.2, 0.25) is 5.90 Å². The van der Waals surface area contributed by atoms with Crippen LogP contribution in [0.1, 0.15) is 22.1 Å². The monoisotopic (exact) mass is 636 g/mol. The number of hydrogen-bond donors (Lipinski definition) is 0. The summed E-state index contributed by atoms with van der Waals surface area (Å²) in [4.78, 5) is 4.85. The molecule has 1 aliphatic heterocycles. The molecule has 49 heavy (non-hydrogen) atoms. The molecule has 3 heterocycles. The summed E-state index contributed by atoms with van der Waals surface area (Å²) in [6, 6.07) is 26.6. The molecule has 0 fully saturated rings. The molecule has 0 bridgehead atoms. The summed E-state index contributed by atoms with van der Waals surface area (Å²) in [6.45, 7) is 0. The first-order chi connectivity index (χ1) is 27.6. The van der Waals surface area contributed by atoms with Gasteiger partial charge in [0.15, 0.2) is 0 Å². The zero-order valence-corrected chi connectivity index (χ0v) is 25.8. The molecule has 9 aromatic rings. The number of allylic oxidation sites excluding steroid dienone is 2. The van der Waals surface area contributed by atoms with Gasteiger partial charge in [-0.1, -0.05) is 115 Å². The molecule has 4 nitrogen and oxygen atoms in total. The SMILES string of the molecule is [2H]c1c([2H])c([2H])c2c(c1[2H])c([2H])c([2H])c1c2oc2c([2H])c(-n3c4ccccc4c4ccc5ccccc5c43)c(C3=CC4OC(c5ccccc5)=NC4C=C3)c([2H])c21. The summed E-state index contributed by atoms with van der Waals surface area (Å²) in [5.41, 5.74) is 3.70. The minimum Gasteiger partial charge on any atom is -0.467 e. The van der Waals surface area contributed by atoms with Crippen LogP contribution in [0.2, 0.25) is 0 Å². The van der Waals surface area contributed by atoms with Crippen molar-refractivity contribution < 1.29 is 20.1 Å². The fraction of sp³-hybridized carbons (Fsp3) is 0.0444. The van der Waals surface area contributed by atoms with Crippen molar-refractivity contribution in [1.29, 1.82) is 0 Å². The molecule has 7 aromatic carbocycles. The van der Waals surface area contributed by atoms with E-state index in [0.29, 0.717) is 22.7 Å². The lowest BCUT2D eigenvalue weighted by atomic mass is 9.93. The first kappa shape index (κ1) is 20.1. The molecule has 2 unspecified atom stereocenters. The highest BCUT2D eigenvalue weighted by Crippen LogP contribution is 2.43. The standard InChI is InChI=1S/C45H28N2O2/c1-2-12-29(13-3-1)45-46-38-23-20-30(24-42(38)49-45)36-25-37-35-22-19-28-11-5-7-15-32(28)44(35)48-41(37)26-40(36)47-39-17-9-8-16-33(39)34-21-18-27-10-4-6-14-31(27)43(34)47/h1-26,38,42H/i5D,7D,11D,15D,19D,22D,25D,26D. The number of hydrogen-bond acceptors (Lipinski definition) is 3. The second-order valence-corrected chi connectivity index (χ2v) is 12.4. The van der Waals surface area contributed by atoms with E-state index in [-0.39, 0.29) is 56.9 Å². The van der Waals surface area contributed by atoms with E-state index in [1.54, 1.807) is 0 Å². The maximum absolute atomic E-state index is 10.1. The predicted octanol–water partition coefficient (Wildman–Crippen LogP) is 11.2. The minimum absolute atomic E-state index is 0.0298. The van der Waals surface area contributed by atoms with Crippen molar-refractivity contribution in [3.63, 3.8) is 0 Å². The van der Waals surface area contributed by atoms with Gasteiger partial charge in [0, 0.05) is 49.5 Å². The average molecular weight is 637 g/mol. The van der Waals surface area contributed by atoms with Crippen LogP contribution in [0.25, 0.3) is 76.5 Å². The lowest BCUT2D eigenvalue weighted by molar-refractivity contribution is 0.256. The molecular formula is C45H28N2O2. The number of para-hydroxylation sites is 1. The Hall–Kier alpha value is -6.39. The van der Waals surface area contributed by atoms with Crippen LogP contribution in [0, 0.1) is 0 Å². The van der Waals surface area contributed by atoms with Crippen molar-refractivity contribution >= 4 is 76.8 Å². The molecule has 4 heteroatoms. The van der Waals surface area contributed by atoms with Gasteiger partial charge >= 0.3 is 0 Å². The lowest BCUT2D eigenvalue weighted by Crippen LogP contribution is -2.21. The van der Waals surface area contributed by atoms with Crippen LogP contribution in [-0.4, -0.2) is 22.6 Å². The molecule has 0 radical (unpaired) electrons. The van der Waals surface area contributed by atoms with Crippen molar-refractivity contribution in [3.8, 4) is 5.69 Å². The molecule has 0 spiro atoms. The summed E-state index contributed by atoms with van der Waals surface area (Å²) in [7, 11) is 0. The van der Waals surface area contributed by atoms with E-state index in [0.717, 1.165) is 38.1 Å². The Bertz CT molecular complexity index is 3380. The van der Waals surface area contributed by atoms with Gasteiger partial charge in [-0.25, -0.2) is 4.99 Å². The molecule has 0 saturated carbocycles. The number of aliphatic imine (C=N–C) groups is 1. The second kappa shape index (κ2) is 10.1. The van der Waals surface area contributed by atoms with Crippen LogP contribution >= 0.6 is 0 Å². The van der Waals surface area contributed by atoms with E-state index in [9.17, 15) is 4.11 Å². The van der Waals surface area contributed by atoms with Crippen molar-refractivity contribution in [3.05, 3.63) is 169 Å². The maximum Gasteiger partial charge on any atom is 0.217 e. The molecule has 230 valence electrons. The minimum atomic E-state index is -0.524. The Labute approximate surface area is 292 Å². The number of nitrogens with zero attached hydrogens (tertiary/aromatic N) is 2. The summed E-state index contributed by atoms with van der Waals surface area (Å²) < 4.78 is 87.7. The molecule has 2 aromatic heterocycles. The van der Waals surface area contributed by atoms with E-state index < -0.39 is 36.3 Å².